The number of carbonyl (C=O) groups is 2. The van der Waals surface area contributed by atoms with Gasteiger partial charge in [-0.25, -0.2) is 4.79 Å². The molecule has 1 N–H and O–H groups in total. The summed E-state index contributed by atoms with van der Waals surface area (Å²) in [7, 11) is 0. The van der Waals surface area contributed by atoms with Crippen molar-refractivity contribution in [2.75, 3.05) is 11.5 Å². The molecule has 0 unspecified atom stereocenters. The highest BCUT2D eigenvalue weighted by atomic mass is 32.1. The maximum atomic E-state index is 13.0. The number of hydrogen-bond acceptors (Lipinski definition) is 4. The fourth-order valence-electron chi connectivity index (χ4n) is 3.97. The van der Waals surface area contributed by atoms with Crippen molar-refractivity contribution in [3.63, 3.8) is 0 Å². The van der Waals surface area contributed by atoms with Crippen molar-refractivity contribution in [1.82, 2.24) is 9.88 Å². The van der Waals surface area contributed by atoms with Crippen LogP contribution in [0.1, 0.15) is 47.1 Å². The Labute approximate surface area is 204 Å². The Morgan fingerprint density at radius 3 is 2.44 bits per heavy atom. The number of carbonyl (C=O) groups excluding carboxylic acids is 2. The molecule has 1 fully saturated rings. The summed E-state index contributed by atoms with van der Waals surface area (Å²) >= 11 is 5.41. The number of ether oxygens (including phenoxy) is 1. The highest BCUT2D eigenvalue weighted by Crippen LogP contribution is 2.26. The topological polar surface area (TPSA) is 63.6 Å². The molecule has 0 atom stereocenters. The van der Waals surface area contributed by atoms with Crippen molar-refractivity contribution < 1.29 is 14.3 Å². The SMILES string of the molecule is CCCCOC(=O)c1ccc(-n2c(C)cc(/C=C3/NC(=S)N(c4ccccc4)C3=O)c2C)cc1. The van der Waals surface area contributed by atoms with Crippen LogP contribution >= 0.6 is 12.2 Å². The first-order chi connectivity index (χ1) is 16.4. The molecular weight excluding hydrogens is 446 g/mol. The van der Waals surface area contributed by atoms with Crippen LogP contribution in [-0.2, 0) is 9.53 Å². The lowest BCUT2D eigenvalue weighted by Gasteiger charge is -2.13. The van der Waals surface area contributed by atoms with E-state index in [0.717, 1.165) is 41.2 Å². The minimum absolute atomic E-state index is 0.188. The maximum absolute atomic E-state index is 13.0. The van der Waals surface area contributed by atoms with Crippen LogP contribution in [0.3, 0.4) is 0 Å². The first-order valence-electron chi connectivity index (χ1n) is 11.3. The molecule has 1 aromatic heterocycles. The van der Waals surface area contributed by atoms with E-state index in [9.17, 15) is 9.59 Å². The monoisotopic (exact) mass is 473 g/mol. The first kappa shape index (κ1) is 23.4. The molecule has 3 aromatic rings. The number of unbranched alkanes of at least 4 members (excludes halogenated alkanes) is 1. The lowest BCUT2D eigenvalue weighted by atomic mass is 10.2. The van der Waals surface area contributed by atoms with Gasteiger partial charge in [-0.05, 0) is 86.6 Å². The predicted molar refractivity (Wildman–Crippen MR) is 138 cm³/mol. The number of aromatic nitrogens is 1. The third-order valence-electron chi connectivity index (χ3n) is 5.75. The van der Waals surface area contributed by atoms with Gasteiger partial charge in [-0.3, -0.25) is 9.69 Å². The molecule has 1 saturated heterocycles. The highest BCUT2D eigenvalue weighted by Gasteiger charge is 2.32. The summed E-state index contributed by atoms with van der Waals surface area (Å²) in [6.45, 7) is 6.50. The Hall–Kier alpha value is -3.71. The van der Waals surface area contributed by atoms with Gasteiger partial charge in [-0.15, -0.1) is 0 Å². The van der Waals surface area contributed by atoms with Crippen molar-refractivity contribution in [3.05, 3.63) is 88.9 Å². The normalized spacial score (nSPS) is 14.6. The zero-order valence-electron chi connectivity index (χ0n) is 19.5. The molecule has 174 valence electrons. The van der Waals surface area contributed by atoms with Crippen LogP contribution in [-0.4, -0.2) is 28.2 Å². The van der Waals surface area contributed by atoms with Crippen molar-refractivity contribution in [3.8, 4) is 5.69 Å². The molecule has 34 heavy (non-hydrogen) atoms. The van der Waals surface area contributed by atoms with Crippen LogP contribution in [0.25, 0.3) is 11.8 Å². The smallest absolute Gasteiger partial charge is 0.338 e. The molecule has 1 aliphatic rings. The van der Waals surface area contributed by atoms with E-state index in [4.69, 9.17) is 17.0 Å². The molecule has 2 heterocycles. The van der Waals surface area contributed by atoms with Crippen LogP contribution in [0.5, 0.6) is 0 Å². The summed E-state index contributed by atoms with van der Waals surface area (Å²) in [4.78, 5) is 26.7. The first-order valence-corrected chi connectivity index (χ1v) is 11.7. The summed E-state index contributed by atoms with van der Waals surface area (Å²) in [5.41, 5.74) is 5.51. The quantitative estimate of drug-likeness (QED) is 0.218. The van der Waals surface area contributed by atoms with Gasteiger partial charge in [0.15, 0.2) is 5.11 Å². The molecule has 6 nitrogen and oxygen atoms in total. The fourth-order valence-corrected chi connectivity index (χ4v) is 4.27. The molecule has 0 spiro atoms. The van der Waals surface area contributed by atoms with Gasteiger partial charge in [0.1, 0.15) is 5.70 Å². The van der Waals surface area contributed by atoms with E-state index in [1.807, 2.05) is 68.5 Å². The van der Waals surface area contributed by atoms with Crippen LogP contribution in [0.2, 0.25) is 0 Å². The van der Waals surface area contributed by atoms with Crippen LogP contribution in [0.4, 0.5) is 5.69 Å². The van der Waals surface area contributed by atoms with Crippen molar-refractivity contribution in [2.24, 2.45) is 0 Å². The Morgan fingerprint density at radius 2 is 1.76 bits per heavy atom. The van der Waals surface area contributed by atoms with E-state index in [1.165, 1.54) is 4.90 Å². The second kappa shape index (κ2) is 10.1. The molecule has 1 amide bonds. The minimum atomic E-state index is -0.309. The Bertz CT molecular complexity index is 1260. The molecule has 0 saturated carbocycles. The maximum Gasteiger partial charge on any atom is 0.338 e. The van der Waals surface area contributed by atoms with Crippen LogP contribution < -0.4 is 10.2 Å². The number of hydrogen-bond donors (Lipinski definition) is 1. The number of rotatable bonds is 7. The molecular formula is C27H27N3O3S. The highest BCUT2D eigenvalue weighted by molar-refractivity contribution is 7.80. The summed E-state index contributed by atoms with van der Waals surface area (Å²) in [5.74, 6) is -0.497. The molecule has 7 heteroatoms. The molecule has 1 aliphatic heterocycles. The summed E-state index contributed by atoms with van der Waals surface area (Å²) in [6.07, 6.45) is 3.67. The lowest BCUT2D eigenvalue weighted by molar-refractivity contribution is -0.113. The van der Waals surface area contributed by atoms with Gasteiger partial charge in [-0.1, -0.05) is 31.5 Å². The predicted octanol–water partition coefficient (Wildman–Crippen LogP) is 5.31. The summed E-state index contributed by atoms with van der Waals surface area (Å²) in [6, 6.07) is 18.7. The van der Waals surface area contributed by atoms with Gasteiger partial charge < -0.3 is 14.6 Å². The second-order valence-corrected chi connectivity index (χ2v) is 8.55. The standard InChI is InChI=1S/C27H27N3O3S/c1-4-5-15-33-26(32)20-11-13-23(14-12-20)29-18(2)16-21(19(29)3)17-24-25(31)30(27(34)28-24)22-9-7-6-8-10-22/h6-14,16-17H,4-5,15H2,1-3H3,(H,28,34)/b24-17+. The van der Waals surface area contributed by atoms with E-state index < -0.39 is 0 Å². The number of thiocarbonyl (C=S) groups is 1. The van der Waals surface area contributed by atoms with Gasteiger partial charge in [0.05, 0.1) is 17.9 Å². The van der Waals surface area contributed by atoms with E-state index in [0.29, 0.717) is 23.0 Å². The van der Waals surface area contributed by atoms with E-state index >= 15 is 0 Å². The molecule has 0 bridgehead atoms. The Kier molecular flexibility index (Phi) is 6.93. The Balaban J connectivity index is 1.57. The number of amides is 1. The number of anilines is 1. The molecule has 0 radical (unpaired) electrons. The van der Waals surface area contributed by atoms with Gasteiger partial charge in [-0.2, -0.15) is 0 Å². The summed E-state index contributed by atoms with van der Waals surface area (Å²) in [5, 5.41) is 3.40. The van der Waals surface area contributed by atoms with Gasteiger partial charge in [0.2, 0.25) is 0 Å². The van der Waals surface area contributed by atoms with Crippen LogP contribution in [0, 0.1) is 13.8 Å². The Morgan fingerprint density at radius 1 is 1.06 bits per heavy atom. The minimum Gasteiger partial charge on any atom is -0.462 e. The van der Waals surface area contributed by atoms with Gasteiger partial charge in [0.25, 0.3) is 5.91 Å². The van der Waals surface area contributed by atoms with E-state index in [1.54, 1.807) is 12.1 Å². The third kappa shape index (κ3) is 4.65. The van der Waals surface area contributed by atoms with Crippen molar-refractivity contribution in [1.29, 1.82) is 0 Å². The average molecular weight is 474 g/mol. The van der Waals surface area contributed by atoms with E-state index in [-0.39, 0.29) is 11.9 Å². The number of nitrogens with zero attached hydrogens (tertiary/aromatic N) is 2. The molecule has 0 aliphatic carbocycles. The average Bonchev–Trinajstić information content (AvgIpc) is 3.28. The van der Waals surface area contributed by atoms with Gasteiger partial charge in [0, 0.05) is 17.1 Å². The molecule has 4 rings (SSSR count). The largest absolute Gasteiger partial charge is 0.462 e. The molecule has 2 aromatic carbocycles. The number of para-hydroxylation sites is 1. The zero-order valence-corrected chi connectivity index (χ0v) is 20.3. The van der Waals surface area contributed by atoms with Gasteiger partial charge >= 0.3 is 5.97 Å². The second-order valence-electron chi connectivity index (χ2n) is 8.16. The number of esters is 1. The number of nitrogens with one attached hydrogen (secondary N) is 1. The fraction of sp³-hybridized carbons (Fsp3) is 0.222. The van der Waals surface area contributed by atoms with Crippen molar-refractivity contribution >= 4 is 41.0 Å². The lowest BCUT2D eigenvalue weighted by Crippen LogP contribution is -2.30. The van der Waals surface area contributed by atoms with Crippen LogP contribution in [0.15, 0.2) is 66.4 Å². The number of benzene rings is 2. The zero-order chi connectivity index (χ0) is 24.2. The summed E-state index contributed by atoms with van der Waals surface area (Å²) < 4.78 is 7.38. The van der Waals surface area contributed by atoms with E-state index in [2.05, 4.69) is 16.8 Å². The third-order valence-corrected chi connectivity index (χ3v) is 6.04. The number of aryl methyl sites for hydroxylation is 1. The van der Waals surface area contributed by atoms with Crippen molar-refractivity contribution in [2.45, 2.75) is 33.6 Å².